The number of nitrogens with zero attached hydrogens (tertiary/aromatic N) is 4. The Kier molecular flexibility index (Phi) is 14.3. The molecule has 196 valence electrons. The van der Waals surface area contributed by atoms with Gasteiger partial charge in [-0.1, -0.05) is 13.3 Å². The summed E-state index contributed by atoms with van der Waals surface area (Å²) < 4.78 is 18.4. The minimum absolute atomic E-state index is 0.196. The van der Waals surface area contributed by atoms with Gasteiger partial charge in [0.05, 0.1) is 19.6 Å². The van der Waals surface area contributed by atoms with E-state index < -0.39 is 23.4 Å². The Balaban J connectivity index is 3.22. The van der Waals surface area contributed by atoms with Gasteiger partial charge < -0.3 is 20.1 Å². The quantitative estimate of drug-likeness (QED) is 0.301. The highest BCUT2D eigenvalue weighted by molar-refractivity contribution is 7.25. The zero-order chi connectivity index (χ0) is 25.6. The van der Waals surface area contributed by atoms with Crippen LogP contribution in [0.4, 0.5) is 0 Å². The molecule has 0 aromatic rings. The summed E-state index contributed by atoms with van der Waals surface area (Å²) >= 11 is 0. The Morgan fingerprint density at radius 2 is 1.15 bits per heavy atom. The lowest BCUT2D eigenvalue weighted by Gasteiger charge is -2.41. The normalized spacial score (nSPS) is 20.3. The number of ether oxygens (including phenoxy) is 1. The lowest BCUT2D eigenvalue weighted by Crippen LogP contribution is -2.54. The molecule has 0 spiro atoms. The molecule has 0 aromatic heterocycles. The molecule has 1 unspecified atom stereocenters. The van der Waals surface area contributed by atoms with Crippen molar-refractivity contribution in [3.05, 3.63) is 0 Å². The van der Waals surface area contributed by atoms with Crippen LogP contribution in [0, 0.1) is 0 Å². The molecule has 1 aliphatic heterocycles. The predicted molar refractivity (Wildman–Crippen MR) is 125 cm³/mol. The maximum Gasteiger partial charge on any atom is 0.317 e. The zero-order valence-electron chi connectivity index (χ0n) is 20.2. The summed E-state index contributed by atoms with van der Waals surface area (Å²) in [7, 11) is -0.196. The minimum Gasteiger partial charge on any atom is -0.480 e. The average molecular weight is 507 g/mol. The topological polar surface area (TPSA) is 151 Å². The molecule has 34 heavy (non-hydrogen) atoms. The smallest absolute Gasteiger partial charge is 0.317 e. The molecule has 1 heterocycles. The molecule has 1 rings (SSSR count). The molecule has 1 saturated heterocycles. The highest BCUT2D eigenvalue weighted by atomic mass is 31.1. The van der Waals surface area contributed by atoms with Crippen molar-refractivity contribution in [1.82, 2.24) is 19.6 Å². The Morgan fingerprint density at radius 1 is 0.765 bits per heavy atom. The van der Waals surface area contributed by atoms with E-state index in [1.165, 1.54) is 0 Å². The van der Waals surface area contributed by atoms with Gasteiger partial charge in [0.25, 0.3) is 0 Å². The second kappa shape index (κ2) is 16.1. The summed E-state index contributed by atoms with van der Waals surface area (Å²) in [5, 5.41) is 28.0. The van der Waals surface area contributed by atoms with Crippen molar-refractivity contribution < 1.29 is 39.0 Å². The maximum absolute atomic E-state index is 12.4. The molecule has 0 saturated carbocycles. The molecule has 1 atom stereocenters. The predicted octanol–water partition coefficient (Wildman–Crippen LogP) is 0.634. The third-order valence-corrected chi connectivity index (χ3v) is 6.70. The van der Waals surface area contributed by atoms with Gasteiger partial charge in [-0.15, -0.1) is 0 Å². The summed E-state index contributed by atoms with van der Waals surface area (Å²) in [6.45, 7) is 6.33. The van der Waals surface area contributed by atoms with Crippen molar-refractivity contribution in [3.8, 4) is 0 Å². The number of aliphatic carboxylic acids is 3. The summed E-state index contributed by atoms with van der Waals surface area (Å²) in [4.78, 5) is 41.2. The van der Waals surface area contributed by atoms with E-state index in [1.807, 2.05) is 18.7 Å². The van der Waals surface area contributed by atoms with Crippen LogP contribution in [-0.2, 0) is 23.7 Å². The summed E-state index contributed by atoms with van der Waals surface area (Å²) in [5.41, 5.74) is -1.08. The summed E-state index contributed by atoms with van der Waals surface area (Å²) in [6, 6.07) is 0. The van der Waals surface area contributed by atoms with Gasteiger partial charge in [-0.2, -0.15) is 0 Å². The number of carboxylic acid groups (broad SMARTS) is 3. The molecular formula is C21H39N4O8P. The molecule has 1 fully saturated rings. The first-order valence-corrected chi connectivity index (χ1v) is 12.5. The van der Waals surface area contributed by atoms with Crippen LogP contribution in [0.1, 0.15) is 33.1 Å². The number of unbranched alkanes of at least 4 members (excludes halogenated alkanes) is 1. The maximum atomic E-state index is 12.4. The molecule has 0 bridgehead atoms. The highest BCUT2D eigenvalue weighted by Crippen LogP contribution is 2.35. The van der Waals surface area contributed by atoms with Crippen LogP contribution in [0.2, 0.25) is 0 Å². The highest BCUT2D eigenvalue weighted by Gasteiger charge is 2.38. The lowest BCUT2D eigenvalue weighted by atomic mass is 10.2. The third kappa shape index (κ3) is 11.2. The fraction of sp³-hybridized carbons (Fsp3) is 0.857. The second-order valence-corrected chi connectivity index (χ2v) is 9.25. The van der Waals surface area contributed by atoms with Crippen LogP contribution >= 0.6 is 8.46 Å². The van der Waals surface area contributed by atoms with Gasteiger partial charge in [0, 0.05) is 65.4 Å². The lowest BCUT2D eigenvalue weighted by molar-refractivity contribution is -0.141. The molecule has 13 heteroatoms. The minimum atomic E-state index is -1.08. The van der Waals surface area contributed by atoms with Crippen molar-refractivity contribution in [1.29, 1.82) is 0 Å². The molecule has 0 aliphatic carbocycles. The van der Waals surface area contributed by atoms with Crippen LogP contribution in [0.15, 0.2) is 0 Å². The number of carboxylic acids is 3. The first-order valence-electron chi connectivity index (χ1n) is 11.7. The van der Waals surface area contributed by atoms with Crippen molar-refractivity contribution in [2.75, 3.05) is 78.6 Å². The van der Waals surface area contributed by atoms with Crippen LogP contribution in [0.5, 0.6) is 0 Å². The van der Waals surface area contributed by atoms with Crippen molar-refractivity contribution in [3.63, 3.8) is 0 Å². The van der Waals surface area contributed by atoms with Gasteiger partial charge in [0.2, 0.25) is 13.9 Å². The van der Waals surface area contributed by atoms with E-state index in [9.17, 15) is 34.3 Å². The standard InChI is InChI=1S/C21H39N4O8P/c1-3-5-6-21(34-32,33-4-2)25-13-11-23(16-19(28)29)9-7-22(15-18(26)27)8-10-24(12-14-25)17-20(30)31/h3-17H2,1-2H3,(H,26,27)(H,28,29)(H,30,31). The van der Waals surface area contributed by atoms with Gasteiger partial charge in [0.15, 0.2) is 0 Å². The van der Waals surface area contributed by atoms with Gasteiger partial charge in [-0.05, 0) is 13.3 Å². The first kappa shape index (κ1) is 30.3. The van der Waals surface area contributed by atoms with E-state index in [-0.39, 0.29) is 28.1 Å². The van der Waals surface area contributed by atoms with E-state index >= 15 is 0 Å². The largest absolute Gasteiger partial charge is 0.480 e. The average Bonchev–Trinajstić information content (AvgIpc) is 2.76. The molecule has 1 aliphatic rings. The molecule has 0 aromatic carbocycles. The number of carbonyl (C=O) groups is 3. The Bertz CT molecular complexity index is 639. The number of hydrogen-bond donors (Lipinski definition) is 3. The second-order valence-electron chi connectivity index (χ2n) is 8.37. The summed E-state index contributed by atoms with van der Waals surface area (Å²) in [6.07, 6.45) is 2.19. The van der Waals surface area contributed by atoms with Crippen molar-refractivity contribution >= 4 is 26.4 Å². The van der Waals surface area contributed by atoms with E-state index in [1.54, 1.807) is 14.7 Å². The number of rotatable bonds is 13. The summed E-state index contributed by atoms with van der Waals surface area (Å²) in [5.74, 6) is -2.97. The van der Waals surface area contributed by atoms with E-state index in [4.69, 9.17) is 4.74 Å². The first-order chi connectivity index (χ1) is 16.2. The van der Waals surface area contributed by atoms with Gasteiger partial charge in [-0.3, -0.25) is 38.5 Å². The van der Waals surface area contributed by atoms with Crippen molar-refractivity contribution in [2.24, 2.45) is 0 Å². The molecule has 0 radical (unpaired) electrons. The molecular weight excluding hydrogens is 467 g/mol. The van der Waals surface area contributed by atoms with Crippen LogP contribution in [-0.4, -0.2) is 137 Å². The van der Waals surface area contributed by atoms with Crippen LogP contribution in [0.3, 0.4) is 0 Å². The molecule has 12 nitrogen and oxygen atoms in total. The van der Waals surface area contributed by atoms with Gasteiger partial charge in [0.1, 0.15) is 0 Å². The van der Waals surface area contributed by atoms with Crippen LogP contribution in [0.25, 0.3) is 0 Å². The Hall–Kier alpha value is -1.69. The number of hydrogen-bond acceptors (Lipinski definition) is 9. The van der Waals surface area contributed by atoms with Gasteiger partial charge >= 0.3 is 17.9 Å². The van der Waals surface area contributed by atoms with Crippen LogP contribution < -0.4 is 0 Å². The SMILES string of the molecule is CCCCC(OCC)(P=O)N1CCN(CC(=O)O)CCN(CC(=O)O)CCN(CC(=O)O)CC1. The van der Waals surface area contributed by atoms with Gasteiger partial charge in [-0.25, -0.2) is 0 Å². The Labute approximate surface area is 202 Å². The Morgan fingerprint density at radius 3 is 1.44 bits per heavy atom. The fourth-order valence-electron chi connectivity index (χ4n) is 4.02. The zero-order valence-corrected chi connectivity index (χ0v) is 21.1. The van der Waals surface area contributed by atoms with E-state index in [0.717, 1.165) is 12.8 Å². The molecule has 3 N–H and O–H groups in total. The van der Waals surface area contributed by atoms with E-state index in [0.29, 0.717) is 65.4 Å². The van der Waals surface area contributed by atoms with E-state index in [2.05, 4.69) is 0 Å². The third-order valence-electron chi connectivity index (χ3n) is 5.78. The monoisotopic (exact) mass is 506 g/mol. The molecule has 0 amide bonds. The van der Waals surface area contributed by atoms with Crippen molar-refractivity contribution in [2.45, 2.75) is 38.6 Å². The fourth-order valence-corrected chi connectivity index (χ4v) is 4.77.